The second kappa shape index (κ2) is 6.83. The van der Waals surface area contributed by atoms with Crippen molar-refractivity contribution >= 4 is 5.91 Å². The number of aryl methyl sites for hydroxylation is 1. The van der Waals surface area contributed by atoms with Crippen molar-refractivity contribution in [1.82, 2.24) is 25.0 Å². The Morgan fingerprint density at radius 1 is 1.60 bits per heavy atom. The fraction of sp³-hybridized carbons (Fsp3) is 0.786. The van der Waals surface area contributed by atoms with Crippen LogP contribution >= 0.6 is 0 Å². The first-order valence-electron chi connectivity index (χ1n) is 7.46. The lowest BCUT2D eigenvalue weighted by atomic mass is 9.96. The second-order valence-corrected chi connectivity index (χ2v) is 5.64. The topological polar surface area (TPSA) is 63.1 Å². The zero-order valence-electron chi connectivity index (χ0n) is 12.7. The van der Waals surface area contributed by atoms with Crippen LogP contribution < -0.4 is 5.32 Å². The summed E-state index contributed by atoms with van der Waals surface area (Å²) in [7, 11) is 1.96. The highest BCUT2D eigenvalue weighted by atomic mass is 16.2. The molecule has 1 aromatic rings. The van der Waals surface area contributed by atoms with Gasteiger partial charge in [-0.1, -0.05) is 6.92 Å². The fourth-order valence-electron chi connectivity index (χ4n) is 2.89. The van der Waals surface area contributed by atoms with Gasteiger partial charge in [0.1, 0.15) is 12.2 Å². The van der Waals surface area contributed by atoms with Gasteiger partial charge in [0.25, 0.3) is 0 Å². The van der Waals surface area contributed by atoms with Crippen molar-refractivity contribution in [3.8, 4) is 0 Å². The molecule has 2 unspecified atom stereocenters. The summed E-state index contributed by atoms with van der Waals surface area (Å²) in [5.41, 5.74) is 0. The van der Waals surface area contributed by atoms with E-state index in [4.69, 9.17) is 0 Å². The summed E-state index contributed by atoms with van der Waals surface area (Å²) in [6.45, 7) is 6.66. The van der Waals surface area contributed by atoms with Crippen LogP contribution in [0.3, 0.4) is 0 Å². The van der Waals surface area contributed by atoms with Gasteiger partial charge in [-0.15, -0.1) is 10.2 Å². The van der Waals surface area contributed by atoms with Crippen molar-refractivity contribution in [2.45, 2.75) is 45.1 Å². The van der Waals surface area contributed by atoms with Crippen LogP contribution in [0, 0.1) is 0 Å². The first-order chi connectivity index (χ1) is 9.61. The number of aromatic nitrogens is 3. The molecule has 0 aliphatic carbocycles. The van der Waals surface area contributed by atoms with E-state index in [2.05, 4.69) is 29.4 Å². The average Bonchev–Trinajstić information content (AvgIpc) is 2.85. The summed E-state index contributed by atoms with van der Waals surface area (Å²) in [5.74, 6) is 1.54. The monoisotopic (exact) mass is 279 g/mol. The SMILES string of the molecule is CCNC(C)CC(=O)N1CCCC(c2nncn2C)C1. The minimum atomic E-state index is 0.239. The molecule has 0 bridgehead atoms. The van der Waals surface area contributed by atoms with E-state index >= 15 is 0 Å². The Bertz CT molecular complexity index is 445. The van der Waals surface area contributed by atoms with Crippen LogP contribution in [0.4, 0.5) is 0 Å². The Balaban J connectivity index is 1.93. The molecule has 6 heteroatoms. The number of amides is 1. The predicted molar refractivity (Wildman–Crippen MR) is 77.3 cm³/mol. The van der Waals surface area contributed by atoms with Crippen molar-refractivity contribution < 1.29 is 4.79 Å². The number of likely N-dealkylation sites (tertiary alicyclic amines) is 1. The standard InChI is InChI=1S/C14H25N5O/c1-4-15-11(2)8-13(20)19-7-5-6-12(9-19)14-17-16-10-18(14)3/h10-12,15H,4-9H2,1-3H3. The largest absolute Gasteiger partial charge is 0.342 e. The van der Waals surface area contributed by atoms with Gasteiger partial charge < -0.3 is 14.8 Å². The molecule has 1 aromatic heterocycles. The molecule has 0 aromatic carbocycles. The molecule has 1 saturated heterocycles. The van der Waals surface area contributed by atoms with Crippen LogP contribution in [0.15, 0.2) is 6.33 Å². The van der Waals surface area contributed by atoms with E-state index in [0.717, 1.165) is 38.3 Å². The van der Waals surface area contributed by atoms with E-state index in [1.807, 2.05) is 16.5 Å². The fourth-order valence-corrected chi connectivity index (χ4v) is 2.89. The number of rotatable bonds is 5. The minimum absolute atomic E-state index is 0.239. The molecule has 2 rings (SSSR count). The lowest BCUT2D eigenvalue weighted by molar-refractivity contribution is -0.132. The molecule has 1 aliphatic heterocycles. The Kier molecular flexibility index (Phi) is 5.11. The third-order valence-electron chi connectivity index (χ3n) is 3.92. The van der Waals surface area contributed by atoms with E-state index in [-0.39, 0.29) is 11.9 Å². The van der Waals surface area contributed by atoms with Crippen LogP contribution in [-0.2, 0) is 11.8 Å². The van der Waals surface area contributed by atoms with Crippen LogP contribution in [0.1, 0.15) is 44.9 Å². The summed E-state index contributed by atoms with van der Waals surface area (Å²) < 4.78 is 1.96. The van der Waals surface area contributed by atoms with E-state index in [1.54, 1.807) is 6.33 Å². The van der Waals surface area contributed by atoms with E-state index < -0.39 is 0 Å². The van der Waals surface area contributed by atoms with E-state index in [0.29, 0.717) is 12.3 Å². The molecule has 2 atom stereocenters. The number of hydrogen-bond acceptors (Lipinski definition) is 4. The highest BCUT2D eigenvalue weighted by Gasteiger charge is 2.27. The Morgan fingerprint density at radius 2 is 2.40 bits per heavy atom. The van der Waals surface area contributed by atoms with Gasteiger partial charge in [-0.3, -0.25) is 4.79 Å². The Labute approximate surface area is 120 Å². The van der Waals surface area contributed by atoms with E-state index in [1.165, 1.54) is 0 Å². The number of piperidine rings is 1. The maximum absolute atomic E-state index is 12.3. The van der Waals surface area contributed by atoms with Crippen LogP contribution in [0.25, 0.3) is 0 Å². The van der Waals surface area contributed by atoms with Crippen LogP contribution in [-0.4, -0.2) is 51.2 Å². The zero-order chi connectivity index (χ0) is 14.5. The van der Waals surface area contributed by atoms with Crippen molar-refractivity contribution in [2.75, 3.05) is 19.6 Å². The van der Waals surface area contributed by atoms with Crippen LogP contribution in [0.5, 0.6) is 0 Å². The molecule has 0 saturated carbocycles. The molecule has 1 fully saturated rings. The lowest BCUT2D eigenvalue weighted by Crippen LogP contribution is -2.42. The van der Waals surface area contributed by atoms with Crippen molar-refractivity contribution in [2.24, 2.45) is 7.05 Å². The van der Waals surface area contributed by atoms with Gasteiger partial charge >= 0.3 is 0 Å². The number of nitrogens with one attached hydrogen (secondary N) is 1. The normalized spacial score (nSPS) is 20.9. The first-order valence-corrected chi connectivity index (χ1v) is 7.46. The second-order valence-electron chi connectivity index (χ2n) is 5.64. The highest BCUT2D eigenvalue weighted by Crippen LogP contribution is 2.25. The van der Waals surface area contributed by atoms with Gasteiger partial charge in [0.05, 0.1) is 0 Å². The van der Waals surface area contributed by atoms with Gasteiger partial charge in [-0.2, -0.15) is 0 Å². The van der Waals surface area contributed by atoms with Gasteiger partial charge in [-0.25, -0.2) is 0 Å². The van der Waals surface area contributed by atoms with Gasteiger partial charge in [0, 0.05) is 38.5 Å². The maximum Gasteiger partial charge on any atom is 0.224 e. The molecular weight excluding hydrogens is 254 g/mol. The van der Waals surface area contributed by atoms with Crippen molar-refractivity contribution in [1.29, 1.82) is 0 Å². The molecule has 0 radical (unpaired) electrons. The number of carbonyl (C=O) groups excluding carboxylic acids is 1. The first kappa shape index (κ1) is 15.0. The Morgan fingerprint density at radius 3 is 3.05 bits per heavy atom. The summed E-state index contributed by atoms with van der Waals surface area (Å²) in [4.78, 5) is 14.3. The number of nitrogens with zero attached hydrogens (tertiary/aromatic N) is 4. The molecule has 20 heavy (non-hydrogen) atoms. The lowest BCUT2D eigenvalue weighted by Gasteiger charge is -2.33. The third-order valence-corrected chi connectivity index (χ3v) is 3.92. The summed E-state index contributed by atoms with van der Waals surface area (Å²) >= 11 is 0. The van der Waals surface area contributed by atoms with Gasteiger partial charge in [0.15, 0.2) is 0 Å². The summed E-state index contributed by atoms with van der Waals surface area (Å²) in [5, 5.41) is 11.4. The summed E-state index contributed by atoms with van der Waals surface area (Å²) in [6, 6.07) is 0.239. The maximum atomic E-state index is 12.3. The predicted octanol–water partition coefficient (Wildman–Crippen LogP) is 0.909. The zero-order valence-corrected chi connectivity index (χ0v) is 12.7. The smallest absolute Gasteiger partial charge is 0.224 e. The van der Waals surface area contributed by atoms with Crippen molar-refractivity contribution in [3.63, 3.8) is 0 Å². The minimum Gasteiger partial charge on any atom is -0.342 e. The molecule has 0 spiro atoms. The van der Waals surface area contributed by atoms with E-state index in [9.17, 15) is 4.79 Å². The molecule has 2 heterocycles. The third kappa shape index (κ3) is 3.56. The highest BCUT2D eigenvalue weighted by molar-refractivity contribution is 5.77. The molecule has 1 amide bonds. The molecule has 1 aliphatic rings. The average molecular weight is 279 g/mol. The summed E-state index contributed by atoms with van der Waals surface area (Å²) in [6.07, 6.45) is 4.42. The number of carbonyl (C=O) groups is 1. The molecule has 1 N–H and O–H groups in total. The molecule has 112 valence electrons. The number of hydrogen-bond donors (Lipinski definition) is 1. The van der Waals surface area contributed by atoms with Gasteiger partial charge in [-0.05, 0) is 26.3 Å². The molecule has 6 nitrogen and oxygen atoms in total. The Hall–Kier alpha value is -1.43. The van der Waals surface area contributed by atoms with Crippen molar-refractivity contribution in [3.05, 3.63) is 12.2 Å². The van der Waals surface area contributed by atoms with Gasteiger partial charge in [0.2, 0.25) is 5.91 Å². The molecular formula is C14H25N5O. The quantitative estimate of drug-likeness (QED) is 0.870. The van der Waals surface area contributed by atoms with Crippen LogP contribution in [0.2, 0.25) is 0 Å².